The van der Waals surface area contributed by atoms with Crippen molar-refractivity contribution in [3.8, 4) is 5.75 Å². The van der Waals surface area contributed by atoms with Gasteiger partial charge in [-0.25, -0.2) is 18.2 Å². The van der Waals surface area contributed by atoms with Crippen LogP contribution in [-0.2, 0) is 21.9 Å². The fraction of sp³-hybridized carbons (Fsp3) is 0.500. The van der Waals surface area contributed by atoms with E-state index in [0.29, 0.717) is 19.4 Å². The van der Waals surface area contributed by atoms with Crippen molar-refractivity contribution in [2.75, 3.05) is 26.0 Å². The molecule has 2 amide bonds. The lowest BCUT2D eigenvalue weighted by molar-refractivity contribution is 0.182. The molecule has 1 heterocycles. The molecule has 1 unspecified atom stereocenters. The van der Waals surface area contributed by atoms with Crippen LogP contribution in [0.15, 0.2) is 48.5 Å². The van der Waals surface area contributed by atoms with E-state index in [0.717, 1.165) is 23.3 Å². The van der Waals surface area contributed by atoms with Crippen LogP contribution in [0, 0.1) is 0 Å². The van der Waals surface area contributed by atoms with Gasteiger partial charge in [-0.3, -0.25) is 0 Å². The highest BCUT2D eigenvalue weighted by molar-refractivity contribution is 7.89. The van der Waals surface area contributed by atoms with Crippen LogP contribution in [-0.4, -0.2) is 50.3 Å². The van der Waals surface area contributed by atoms with Gasteiger partial charge in [0.2, 0.25) is 10.0 Å². The molecule has 0 aromatic heterocycles. The molecule has 1 atom stereocenters. The third-order valence-electron chi connectivity index (χ3n) is 6.19. The van der Waals surface area contributed by atoms with Crippen molar-refractivity contribution < 1.29 is 17.9 Å². The van der Waals surface area contributed by atoms with Gasteiger partial charge in [0, 0.05) is 6.54 Å². The Balaban J connectivity index is 1.82. The van der Waals surface area contributed by atoms with Crippen molar-refractivity contribution in [2.24, 2.45) is 0 Å². The maximum absolute atomic E-state index is 13.3. The van der Waals surface area contributed by atoms with Gasteiger partial charge in [-0.2, -0.15) is 0 Å². The molecule has 0 bridgehead atoms. The maximum Gasteiger partial charge on any atom is 0.335 e. The second kappa shape index (κ2) is 10.8. The quantitative estimate of drug-likeness (QED) is 0.529. The van der Waals surface area contributed by atoms with Gasteiger partial charge in [-0.1, -0.05) is 70.5 Å². The number of hydrogen-bond acceptors (Lipinski definition) is 4. The first-order valence-corrected chi connectivity index (χ1v) is 13.5. The van der Waals surface area contributed by atoms with Crippen LogP contribution in [0.3, 0.4) is 0 Å². The molecule has 0 saturated carbocycles. The van der Waals surface area contributed by atoms with Gasteiger partial charge in [0.15, 0.2) is 0 Å². The van der Waals surface area contributed by atoms with Crippen molar-refractivity contribution in [2.45, 2.75) is 58.4 Å². The van der Waals surface area contributed by atoms with Crippen LogP contribution in [0.5, 0.6) is 5.75 Å². The molecule has 34 heavy (non-hydrogen) atoms. The summed E-state index contributed by atoms with van der Waals surface area (Å²) in [6.45, 7) is 9.17. The molecule has 8 heteroatoms. The second-order valence-corrected chi connectivity index (χ2v) is 11.7. The van der Waals surface area contributed by atoms with E-state index in [4.69, 9.17) is 4.74 Å². The SMILES string of the molecule is CCCCS(=O)(=O)NN1CC(c2ccc(C(C)(C)C)cc2)N(CCc2ccc(OC)cc2)C1=O. The second-order valence-electron chi connectivity index (χ2n) is 9.84. The number of rotatable bonds is 10. The maximum atomic E-state index is 13.3. The molecule has 0 spiro atoms. The van der Waals surface area contributed by atoms with E-state index < -0.39 is 10.0 Å². The van der Waals surface area contributed by atoms with Gasteiger partial charge in [-0.05, 0) is 47.1 Å². The molecule has 2 aromatic carbocycles. The number of hydrogen-bond donors (Lipinski definition) is 1. The van der Waals surface area contributed by atoms with Crippen LogP contribution in [0.1, 0.15) is 63.3 Å². The number of ether oxygens (including phenoxy) is 1. The van der Waals surface area contributed by atoms with Crippen LogP contribution in [0.4, 0.5) is 4.79 Å². The van der Waals surface area contributed by atoms with E-state index in [1.807, 2.05) is 43.3 Å². The number of carbonyl (C=O) groups excluding carboxylic acids is 1. The molecule has 0 aliphatic carbocycles. The smallest absolute Gasteiger partial charge is 0.335 e. The third kappa shape index (κ3) is 6.51. The molecule has 1 saturated heterocycles. The average molecular weight is 488 g/mol. The highest BCUT2D eigenvalue weighted by atomic mass is 32.2. The summed E-state index contributed by atoms with van der Waals surface area (Å²) in [4.78, 5) is 17.6. The summed E-state index contributed by atoms with van der Waals surface area (Å²) in [7, 11) is -1.95. The van der Waals surface area contributed by atoms with Gasteiger partial charge in [-0.15, -0.1) is 4.83 Å². The minimum absolute atomic E-state index is 0.00404. The minimum atomic E-state index is -3.58. The van der Waals surface area contributed by atoms with Gasteiger partial charge in [0.25, 0.3) is 0 Å². The first kappa shape index (κ1) is 26.0. The number of nitrogens with zero attached hydrogens (tertiary/aromatic N) is 2. The fourth-order valence-corrected chi connectivity index (χ4v) is 5.29. The van der Waals surface area contributed by atoms with E-state index in [2.05, 4.69) is 37.7 Å². The first-order valence-electron chi connectivity index (χ1n) is 11.9. The van der Waals surface area contributed by atoms with E-state index in [1.165, 1.54) is 10.6 Å². The first-order chi connectivity index (χ1) is 16.0. The lowest BCUT2D eigenvalue weighted by atomic mass is 9.86. The Morgan fingerprint density at radius 1 is 1.06 bits per heavy atom. The Morgan fingerprint density at radius 3 is 2.26 bits per heavy atom. The topological polar surface area (TPSA) is 79.0 Å². The molecular formula is C26H37N3O4S. The van der Waals surface area contributed by atoms with Crippen molar-refractivity contribution in [3.05, 3.63) is 65.2 Å². The Morgan fingerprint density at radius 2 is 1.71 bits per heavy atom. The number of benzene rings is 2. The predicted molar refractivity (Wildman–Crippen MR) is 135 cm³/mol. The number of methoxy groups -OCH3 is 1. The van der Waals surface area contributed by atoms with E-state index in [-0.39, 0.29) is 29.8 Å². The zero-order valence-electron chi connectivity index (χ0n) is 20.9. The van der Waals surface area contributed by atoms with Crippen molar-refractivity contribution in [1.29, 1.82) is 0 Å². The number of carbonyl (C=O) groups is 1. The zero-order chi connectivity index (χ0) is 24.9. The van der Waals surface area contributed by atoms with Crippen LogP contribution < -0.4 is 9.57 Å². The molecule has 1 aliphatic rings. The summed E-state index contributed by atoms with van der Waals surface area (Å²) in [5, 5.41) is 1.25. The molecule has 186 valence electrons. The molecule has 1 N–H and O–H groups in total. The average Bonchev–Trinajstić information content (AvgIpc) is 3.10. The summed E-state index contributed by atoms with van der Waals surface area (Å²) in [6.07, 6.45) is 1.98. The lowest BCUT2D eigenvalue weighted by Gasteiger charge is -2.25. The molecule has 3 rings (SSSR count). The Kier molecular flexibility index (Phi) is 8.25. The van der Waals surface area contributed by atoms with Crippen molar-refractivity contribution >= 4 is 16.1 Å². The summed E-state index contributed by atoms with van der Waals surface area (Å²) in [5.74, 6) is 0.787. The van der Waals surface area contributed by atoms with E-state index in [1.54, 1.807) is 12.0 Å². The standard InChI is InChI=1S/C26H37N3O4S/c1-6-7-18-34(31,32)27-29-19-24(21-10-12-22(13-11-21)26(2,3)4)28(25(29)30)17-16-20-8-14-23(33-5)15-9-20/h8-15,24,27H,6-7,16-19H2,1-5H3. The fourth-order valence-electron chi connectivity index (χ4n) is 4.05. The third-order valence-corrected chi connectivity index (χ3v) is 7.51. The molecule has 2 aromatic rings. The number of unbranched alkanes of at least 4 members (excludes halogenated alkanes) is 1. The minimum Gasteiger partial charge on any atom is -0.497 e. The van der Waals surface area contributed by atoms with E-state index in [9.17, 15) is 13.2 Å². The number of nitrogens with one attached hydrogen (secondary N) is 1. The van der Waals surface area contributed by atoms with Gasteiger partial charge < -0.3 is 9.64 Å². The van der Waals surface area contributed by atoms with E-state index >= 15 is 0 Å². The highest BCUT2D eigenvalue weighted by Gasteiger charge is 2.39. The Hall–Kier alpha value is -2.58. The normalized spacial score (nSPS) is 16.9. The summed E-state index contributed by atoms with van der Waals surface area (Å²) in [5.41, 5.74) is 3.31. The highest BCUT2D eigenvalue weighted by Crippen LogP contribution is 2.31. The van der Waals surface area contributed by atoms with Gasteiger partial charge >= 0.3 is 6.03 Å². The predicted octanol–water partition coefficient (Wildman–Crippen LogP) is 4.65. The zero-order valence-corrected chi connectivity index (χ0v) is 21.7. The number of urea groups is 1. The van der Waals surface area contributed by atoms with Crippen molar-refractivity contribution in [1.82, 2.24) is 14.7 Å². The molecule has 1 fully saturated rings. The van der Waals surface area contributed by atoms with Crippen LogP contribution in [0.2, 0.25) is 0 Å². The summed E-state index contributed by atoms with van der Waals surface area (Å²) in [6, 6.07) is 15.5. The molecule has 7 nitrogen and oxygen atoms in total. The van der Waals surface area contributed by atoms with Gasteiger partial charge in [0.1, 0.15) is 5.75 Å². The van der Waals surface area contributed by atoms with Crippen LogP contribution in [0.25, 0.3) is 0 Å². The van der Waals surface area contributed by atoms with Gasteiger partial charge in [0.05, 0.1) is 25.4 Å². The summed E-state index contributed by atoms with van der Waals surface area (Å²) < 4.78 is 30.2. The number of amides is 2. The Labute approximate surface area is 204 Å². The monoisotopic (exact) mass is 487 g/mol. The lowest BCUT2D eigenvalue weighted by Crippen LogP contribution is -2.45. The molecular weight excluding hydrogens is 450 g/mol. The number of sulfonamides is 1. The van der Waals surface area contributed by atoms with Crippen molar-refractivity contribution in [3.63, 3.8) is 0 Å². The largest absolute Gasteiger partial charge is 0.497 e. The Bertz CT molecular complexity index is 1060. The number of hydrazine groups is 1. The summed E-state index contributed by atoms with van der Waals surface area (Å²) >= 11 is 0. The van der Waals surface area contributed by atoms with Crippen LogP contribution >= 0.6 is 0 Å². The molecule has 0 radical (unpaired) electrons. The molecule has 1 aliphatic heterocycles.